The molecule has 0 unspecified atom stereocenters. The second kappa shape index (κ2) is 11.1. The molecule has 0 saturated carbocycles. The fourth-order valence-electron chi connectivity index (χ4n) is 2.46. The molecule has 0 spiro atoms. The Kier molecular flexibility index (Phi) is 8.80. The first-order valence-corrected chi connectivity index (χ1v) is 11.5. The minimum Gasteiger partial charge on any atom is -0.494 e. The van der Waals surface area contributed by atoms with Crippen LogP contribution in [0.25, 0.3) is 0 Å². The molecule has 2 aromatic carbocycles. The highest BCUT2D eigenvalue weighted by Gasteiger charge is 2.17. The molecular formula is C21H27ClN2O5S. The topological polar surface area (TPSA) is 93.7 Å². The van der Waals surface area contributed by atoms with E-state index in [1.807, 2.05) is 6.92 Å². The summed E-state index contributed by atoms with van der Waals surface area (Å²) in [5.74, 6) is 1.11. The predicted molar refractivity (Wildman–Crippen MR) is 118 cm³/mol. The van der Waals surface area contributed by atoms with Gasteiger partial charge in [-0.05, 0) is 61.7 Å². The van der Waals surface area contributed by atoms with E-state index in [2.05, 4.69) is 23.9 Å². The number of hydrogen-bond donors (Lipinski definition) is 2. The van der Waals surface area contributed by atoms with Gasteiger partial charge in [0.05, 0.1) is 16.5 Å². The molecule has 9 heteroatoms. The molecule has 2 rings (SSSR count). The minimum absolute atomic E-state index is 0.0184. The van der Waals surface area contributed by atoms with Crippen LogP contribution >= 0.6 is 11.6 Å². The van der Waals surface area contributed by atoms with Gasteiger partial charge in [0.25, 0.3) is 15.9 Å². The van der Waals surface area contributed by atoms with E-state index >= 15 is 0 Å². The molecule has 0 bridgehead atoms. The van der Waals surface area contributed by atoms with Gasteiger partial charge in [0.2, 0.25) is 0 Å². The van der Waals surface area contributed by atoms with Crippen LogP contribution in [0.2, 0.25) is 5.02 Å². The molecule has 0 aromatic heterocycles. The molecule has 0 fully saturated rings. The van der Waals surface area contributed by atoms with Crippen LogP contribution < -0.4 is 19.5 Å². The number of carbonyl (C=O) groups excluding carboxylic acids is 1. The maximum absolute atomic E-state index is 12.6. The monoisotopic (exact) mass is 454 g/mol. The van der Waals surface area contributed by atoms with E-state index in [1.165, 1.54) is 18.2 Å². The molecule has 0 atom stereocenters. The number of nitrogens with one attached hydrogen (secondary N) is 2. The number of sulfonamides is 1. The summed E-state index contributed by atoms with van der Waals surface area (Å²) < 4.78 is 38.4. The molecule has 0 aliphatic heterocycles. The normalized spacial score (nSPS) is 11.2. The molecular weight excluding hydrogens is 428 g/mol. The van der Waals surface area contributed by atoms with Crippen molar-refractivity contribution < 1.29 is 22.7 Å². The molecule has 0 saturated heterocycles. The van der Waals surface area contributed by atoms with Crippen LogP contribution in [-0.4, -0.2) is 34.1 Å². The van der Waals surface area contributed by atoms with Gasteiger partial charge in [0.1, 0.15) is 11.5 Å². The van der Waals surface area contributed by atoms with E-state index in [-0.39, 0.29) is 28.2 Å². The van der Waals surface area contributed by atoms with Crippen LogP contribution in [0.5, 0.6) is 11.5 Å². The van der Waals surface area contributed by atoms with E-state index in [0.717, 1.165) is 6.42 Å². The van der Waals surface area contributed by atoms with Crippen molar-refractivity contribution in [3.63, 3.8) is 0 Å². The van der Waals surface area contributed by atoms with Gasteiger partial charge in [-0.1, -0.05) is 25.4 Å². The first kappa shape index (κ1) is 23.8. The quantitative estimate of drug-likeness (QED) is 0.533. The van der Waals surface area contributed by atoms with Crippen LogP contribution in [0.3, 0.4) is 0 Å². The van der Waals surface area contributed by atoms with Gasteiger partial charge in [-0.2, -0.15) is 0 Å². The second-order valence-corrected chi connectivity index (χ2v) is 9.07. The smallest absolute Gasteiger partial charge is 0.261 e. The highest BCUT2D eigenvalue weighted by molar-refractivity contribution is 7.92. The summed E-state index contributed by atoms with van der Waals surface area (Å²) in [4.78, 5) is 11.8. The predicted octanol–water partition coefficient (Wildman–Crippen LogP) is 4.08. The van der Waals surface area contributed by atoms with Gasteiger partial charge in [-0.3, -0.25) is 9.52 Å². The summed E-state index contributed by atoms with van der Waals surface area (Å²) in [7, 11) is -3.84. The van der Waals surface area contributed by atoms with Crippen molar-refractivity contribution >= 4 is 33.2 Å². The van der Waals surface area contributed by atoms with Gasteiger partial charge in [0.15, 0.2) is 6.61 Å². The average Bonchev–Trinajstić information content (AvgIpc) is 2.68. The highest BCUT2D eigenvalue weighted by Crippen LogP contribution is 2.28. The third-order valence-electron chi connectivity index (χ3n) is 4.03. The summed E-state index contributed by atoms with van der Waals surface area (Å²) in [5, 5.41) is 2.85. The number of halogens is 1. The SMILES string of the molecule is CCOc1ccc(NS(=O)(=O)c2ccc(OCC(=O)NCCC(C)C)c(Cl)c2)cc1. The molecule has 0 aliphatic rings. The lowest BCUT2D eigenvalue weighted by molar-refractivity contribution is -0.123. The number of hydrogen-bond acceptors (Lipinski definition) is 5. The lowest BCUT2D eigenvalue weighted by Crippen LogP contribution is -2.30. The van der Waals surface area contributed by atoms with E-state index in [0.29, 0.717) is 30.5 Å². The number of amides is 1. The number of anilines is 1. The van der Waals surface area contributed by atoms with E-state index in [1.54, 1.807) is 24.3 Å². The molecule has 2 aromatic rings. The van der Waals surface area contributed by atoms with Crippen LogP contribution in [0.4, 0.5) is 5.69 Å². The molecule has 0 radical (unpaired) electrons. The largest absolute Gasteiger partial charge is 0.494 e. The molecule has 7 nitrogen and oxygen atoms in total. The van der Waals surface area contributed by atoms with Crippen LogP contribution in [0.15, 0.2) is 47.4 Å². The van der Waals surface area contributed by atoms with Gasteiger partial charge >= 0.3 is 0 Å². The molecule has 1 amide bonds. The summed E-state index contributed by atoms with van der Waals surface area (Å²) in [6, 6.07) is 10.7. The summed E-state index contributed by atoms with van der Waals surface area (Å²) in [6.45, 7) is 6.91. The highest BCUT2D eigenvalue weighted by atomic mass is 35.5. The van der Waals surface area contributed by atoms with Crippen molar-refractivity contribution in [1.82, 2.24) is 5.32 Å². The second-order valence-electron chi connectivity index (χ2n) is 6.98. The fourth-order valence-corrected chi connectivity index (χ4v) is 3.84. The number of carbonyl (C=O) groups is 1. The third-order valence-corrected chi connectivity index (χ3v) is 5.71. The first-order valence-electron chi connectivity index (χ1n) is 9.66. The van der Waals surface area contributed by atoms with Crippen LogP contribution in [0.1, 0.15) is 27.2 Å². The Morgan fingerprint density at radius 1 is 1.10 bits per heavy atom. The number of benzene rings is 2. The van der Waals surface area contributed by atoms with Crippen molar-refractivity contribution in [2.24, 2.45) is 5.92 Å². The Balaban J connectivity index is 1.98. The lowest BCUT2D eigenvalue weighted by Gasteiger charge is -2.12. The number of ether oxygens (including phenoxy) is 2. The van der Waals surface area contributed by atoms with Gasteiger partial charge in [-0.15, -0.1) is 0 Å². The fraction of sp³-hybridized carbons (Fsp3) is 0.381. The summed E-state index contributed by atoms with van der Waals surface area (Å²) in [5.41, 5.74) is 0.396. The maximum atomic E-state index is 12.6. The van der Waals surface area contributed by atoms with Gasteiger partial charge in [-0.25, -0.2) is 8.42 Å². The zero-order valence-electron chi connectivity index (χ0n) is 17.3. The van der Waals surface area contributed by atoms with Crippen molar-refractivity contribution in [3.05, 3.63) is 47.5 Å². The maximum Gasteiger partial charge on any atom is 0.261 e. The first-order chi connectivity index (χ1) is 14.2. The summed E-state index contributed by atoms with van der Waals surface area (Å²) in [6.07, 6.45) is 0.875. The Bertz CT molecular complexity index is 946. The number of rotatable bonds is 11. The average molecular weight is 455 g/mol. The Labute approximate surface area is 182 Å². The van der Waals surface area contributed by atoms with Crippen molar-refractivity contribution in [2.45, 2.75) is 32.1 Å². The van der Waals surface area contributed by atoms with Gasteiger partial charge in [0, 0.05) is 12.2 Å². The molecule has 2 N–H and O–H groups in total. The lowest BCUT2D eigenvalue weighted by atomic mass is 10.1. The van der Waals surface area contributed by atoms with Crippen LogP contribution in [0, 0.1) is 5.92 Å². The van der Waals surface area contributed by atoms with Crippen molar-refractivity contribution in [1.29, 1.82) is 0 Å². The minimum atomic E-state index is -3.84. The third kappa shape index (κ3) is 7.42. The molecule has 164 valence electrons. The van der Waals surface area contributed by atoms with Crippen LogP contribution in [-0.2, 0) is 14.8 Å². The van der Waals surface area contributed by atoms with Crippen molar-refractivity contribution in [3.8, 4) is 11.5 Å². The zero-order chi connectivity index (χ0) is 22.1. The standard InChI is InChI=1S/C21H27ClN2O5S/c1-4-28-17-7-5-16(6-8-17)24-30(26,27)18-9-10-20(19(22)13-18)29-14-21(25)23-12-11-15(2)3/h5-10,13,15,24H,4,11-12,14H2,1-3H3,(H,23,25). The molecule has 0 aliphatic carbocycles. The molecule has 0 heterocycles. The summed E-state index contributed by atoms with van der Waals surface area (Å²) >= 11 is 6.16. The Morgan fingerprint density at radius 3 is 2.40 bits per heavy atom. The van der Waals surface area contributed by atoms with Crippen molar-refractivity contribution in [2.75, 3.05) is 24.5 Å². The van der Waals surface area contributed by atoms with E-state index in [4.69, 9.17) is 21.1 Å². The molecule has 30 heavy (non-hydrogen) atoms. The van der Waals surface area contributed by atoms with E-state index < -0.39 is 10.0 Å². The Morgan fingerprint density at radius 2 is 1.80 bits per heavy atom. The zero-order valence-corrected chi connectivity index (χ0v) is 18.8. The Hall–Kier alpha value is -2.45. The van der Waals surface area contributed by atoms with Gasteiger partial charge < -0.3 is 14.8 Å². The van der Waals surface area contributed by atoms with E-state index in [9.17, 15) is 13.2 Å².